The first-order chi connectivity index (χ1) is 20.9. The molecule has 0 fully saturated rings. The highest BCUT2D eigenvalue weighted by Crippen LogP contribution is 2.44. The molecule has 5 N–H and O–H groups in total. The molecule has 0 unspecified atom stereocenters. The Balaban J connectivity index is 1.46. The number of fused-ring (bicyclic) bond motifs is 3. The Kier molecular flexibility index (Phi) is 12.3. The zero-order valence-electron chi connectivity index (χ0n) is 26.0. The summed E-state index contributed by atoms with van der Waals surface area (Å²) in [4.78, 5) is 62.2. The number of alkyl carbamates (subject to hydrolysis) is 1. The van der Waals surface area contributed by atoms with Crippen molar-refractivity contribution >= 4 is 29.8 Å². The summed E-state index contributed by atoms with van der Waals surface area (Å²) in [7, 11) is 0. The second-order valence-electron chi connectivity index (χ2n) is 12.0. The fourth-order valence-corrected chi connectivity index (χ4v) is 5.27. The third kappa shape index (κ3) is 9.55. The molecule has 3 rings (SSSR count). The highest BCUT2D eigenvalue weighted by atomic mass is 16.5. The van der Waals surface area contributed by atoms with Crippen LogP contribution in [0.3, 0.4) is 0 Å². The lowest BCUT2D eigenvalue weighted by atomic mass is 9.98. The molecule has 0 aromatic heterocycles. The van der Waals surface area contributed by atoms with Crippen LogP contribution in [0.15, 0.2) is 48.5 Å². The van der Waals surface area contributed by atoms with E-state index in [4.69, 9.17) is 4.74 Å². The van der Waals surface area contributed by atoms with Crippen molar-refractivity contribution < 1.29 is 33.8 Å². The maximum absolute atomic E-state index is 13.0. The largest absolute Gasteiger partial charge is 0.480 e. The van der Waals surface area contributed by atoms with Crippen LogP contribution in [0.2, 0.25) is 0 Å². The van der Waals surface area contributed by atoms with Crippen LogP contribution in [0.5, 0.6) is 0 Å². The Morgan fingerprint density at radius 2 is 1.30 bits per heavy atom. The molecule has 0 radical (unpaired) electrons. The van der Waals surface area contributed by atoms with Gasteiger partial charge in [-0.2, -0.15) is 0 Å². The normalized spacial score (nSPS) is 14.2. The summed E-state index contributed by atoms with van der Waals surface area (Å²) in [5.74, 6) is -2.78. The van der Waals surface area contributed by atoms with Gasteiger partial charge >= 0.3 is 12.1 Å². The number of carboxylic acid groups (broad SMARTS) is 1. The highest BCUT2D eigenvalue weighted by molar-refractivity contribution is 5.93. The van der Waals surface area contributed by atoms with E-state index in [2.05, 4.69) is 33.4 Å². The molecule has 11 nitrogen and oxygen atoms in total. The minimum absolute atomic E-state index is 0.00373. The lowest BCUT2D eigenvalue weighted by Crippen LogP contribution is -2.55. The van der Waals surface area contributed by atoms with Crippen LogP contribution in [-0.2, 0) is 23.9 Å². The Labute approximate surface area is 258 Å². The van der Waals surface area contributed by atoms with Crippen molar-refractivity contribution in [2.75, 3.05) is 13.2 Å². The number of nitrogens with one attached hydrogen (secondary N) is 4. The van der Waals surface area contributed by atoms with Crippen LogP contribution in [-0.4, -0.2) is 66.2 Å². The molecular weight excluding hydrogens is 564 g/mol. The molecule has 0 aliphatic heterocycles. The van der Waals surface area contributed by atoms with Gasteiger partial charge in [-0.25, -0.2) is 9.59 Å². The Bertz CT molecular complexity index is 1300. The van der Waals surface area contributed by atoms with Crippen molar-refractivity contribution in [2.24, 2.45) is 11.8 Å². The number of carboxylic acids is 1. The molecule has 11 heteroatoms. The average molecular weight is 609 g/mol. The van der Waals surface area contributed by atoms with Crippen LogP contribution in [0.25, 0.3) is 11.1 Å². The molecule has 1 aliphatic carbocycles. The van der Waals surface area contributed by atoms with Crippen molar-refractivity contribution in [3.8, 4) is 11.1 Å². The molecule has 1 aliphatic rings. The average Bonchev–Trinajstić information content (AvgIpc) is 3.28. The third-order valence-corrected chi connectivity index (χ3v) is 7.40. The minimum Gasteiger partial charge on any atom is -0.480 e. The van der Waals surface area contributed by atoms with Crippen molar-refractivity contribution in [3.05, 3.63) is 59.7 Å². The van der Waals surface area contributed by atoms with Gasteiger partial charge in [0.25, 0.3) is 0 Å². The zero-order chi connectivity index (χ0) is 32.4. The van der Waals surface area contributed by atoms with E-state index in [0.717, 1.165) is 22.3 Å². The Hall–Kier alpha value is -4.41. The number of carbonyl (C=O) groups is 5. The topological polar surface area (TPSA) is 163 Å². The molecule has 0 heterocycles. The van der Waals surface area contributed by atoms with Gasteiger partial charge in [0.15, 0.2) is 0 Å². The first-order valence-electron chi connectivity index (χ1n) is 15.1. The molecule has 0 spiro atoms. The maximum Gasteiger partial charge on any atom is 0.407 e. The zero-order valence-corrected chi connectivity index (χ0v) is 26.0. The number of ether oxygens (including phenoxy) is 1. The number of carbonyl (C=O) groups excluding carboxylic acids is 4. The SMILES string of the molecule is CC(C)C[C@H](NC(=O)[C@H](C)NC(=O)[C@H](CC(C)C)NC(=O)CCNC(=O)OCC1c2ccccc2-c2ccccc21)C(=O)O. The summed E-state index contributed by atoms with van der Waals surface area (Å²) < 4.78 is 5.50. The van der Waals surface area contributed by atoms with Crippen LogP contribution < -0.4 is 21.3 Å². The standard InChI is InChI=1S/C33H44N4O7/c1-19(2)16-27(31(40)35-21(5)30(39)37-28(32(41)42)17-20(3)4)36-29(38)14-15-34-33(43)44-18-26-24-12-8-6-10-22(24)23-11-7-9-13-25(23)26/h6-13,19-21,26-28H,14-18H2,1-5H3,(H,34,43)(H,35,40)(H,36,38)(H,37,39)(H,41,42)/t21-,27-,28-/m0/s1. The van der Waals surface area contributed by atoms with Gasteiger partial charge in [-0.15, -0.1) is 0 Å². The van der Waals surface area contributed by atoms with Crippen LogP contribution >= 0.6 is 0 Å². The minimum atomic E-state index is -1.15. The summed E-state index contributed by atoms with van der Waals surface area (Å²) in [5.41, 5.74) is 4.44. The van der Waals surface area contributed by atoms with E-state index < -0.39 is 47.9 Å². The monoisotopic (exact) mass is 608 g/mol. The Morgan fingerprint density at radius 3 is 1.84 bits per heavy atom. The van der Waals surface area contributed by atoms with Gasteiger partial charge in [0.1, 0.15) is 24.7 Å². The fourth-order valence-electron chi connectivity index (χ4n) is 5.27. The highest BCUT2D eigenvalue weighted by Gasteiger charge is 2.30. The predicted molar refractivity (Wildman–Crippen MR) is 166 cm³/mol. The molecule has 2 aromatic carbocycles. The Morgan fingerprint density at radius 1 is 0.750 bits per heavy atom. The molecule has 0 saturated heterocycles. The summed E-state index contributed by atoms with van der Waals surface area (Å²) in [6.45, 7) is 9.09. The van der Waals surface area contributed by atoms with E-state index in [1.165, 1.54) is 6.92 Å². The number of aliphatic carboxylic acids is 1. The number of benzene rings is 2. The van der Waals surface area contributed by atoms with Gasteiger partial charge in [-0.05, 0) is 53.9 Å². The van der Waals surface area contributed by atoms with Crippen molar-refractivity contribution in [2.45, 2.75) is 77.9 Å². The van der Waals surface area contributed by atoms with Crippen LogP contribution in [0.1, 0.15) is 70.9 Å². The molecule has 44 heavy (non-hydrogen) atoms. The van der Waals surface area contributed by atoms with Crippen molar-refractivity contribution in [3.63, 3.8) is 0 Å². The molecule has 2 aromatic rings. The number of hydrogen-bond donors (Lipinski definition) is 5. The quantitative estimate of drug-likeness (QED) is 0.206. The van der Waals surface area contributed by atoms with Gasteiger partial charge in [0, 0.05) is 18.9 Å². The van der Waals surface area contributed by atoms with Gasteiger partial charge in [0.05, 0.1) is 0 Å². The second-order valence-corrected chi connectivity index (χ2v) is 12.0. The first kappa shape index (κ1) is 34.1. The van der Waals surface area contributed by atoms with Gasteiger partial charge in [-0.3, -0.25) is 14.4 Å². The van der Waals surface area contributed by atoms with E-state index in [-0.39, 0.29) is 43.7 Å². The lowest BCUT2D eigenvalue weighted by Gasteiger charge is -2.24. The molecule has 238 valence electrons. The van der Waals surface area contributed by atoms with Gasteiger partial charge in [0.2, 0.25) is 17.7 Å². The smallest absolute Gasteiger partial charge is 0.407 e. The molecule has 3 atom stereocenters. The summed E-state index contributed by atoms with van der Waals surface area (Å²) in [6, 6.07) is 13.0. The van der Waals surface area contributed by atoms with Crippen molar-refractivity contribution in [1.82, 2.24) is 21.3 Å². The molecule has 4 amide bonds. The van der Waals surface area contributed by atoms with E-state index in [1.54, 1.807) is 0 Å². The van der Waals surface area contributed by atoms with Crippen molar-refractivity contribution in [1.29, 1.82) is 0 Å². The first-order valence-corrected chi connectivity index (χ1v) is 15.1. The fraction of sp³-hybridized carbons (Fsp3) is 0.485. The summed E-state index contributed by atoms with van der Waals surface area (Å²) in [6.07, 6.45) is -0.167. The van der Waals surface area contributed by atoms with E-state index in [1.807, 2.05) is 64.1 Å². The number of rotatable bonds is 15. The summed E-state index contributed by atoms with van der Waals surface area (Å²) >= 11 is 0. The lowest BCUT2D eigenvalue weighted by molar-refractivity contribution is -0.142. The van der Waals surface area contributed by atoms with E-state index in [9.17, 15) is 29.1 Å². The van der Waals surface area contributed by atoms with E-state index >= 15 is 0 Å². The van der Waals surface area contributed by atoms with Crippen LogP contribution in [0.4, 0.5) is 4.79 Å². The number of hydrogen-bond acceptors (Lipinski definition) is 6. The second kappa shape index (κ2) is 15.9. The van der Waals surface area contributed by atoms with Gasteiger partial charge < -0.3 is 31.1 Å². The van der Waals surface area contributed by atoms with Crippen LogP contribution in [0, 0.1) is 11.8 Å². The third-order valence-electron chi connectivity index (χ3n) is 7.40. The van der Waals surface area contributed by atoms with E-state index in [0.29, 0.717) is 6.42 Å². The molecule has 0 bridgehead atoms. The maximum atomic E-state index is 13.0. The number of amides is 4. The molecular formula is C33H44N4O7. The predicted octanol–water partition coefficient (Wildman–Crippen LogP) is 3.57. The van der Waals surface area contributed by atoms with Gasteiger partial charge in [-0.1, -0.05) is 76.2 Å². The molecule has 0 saturated carbocycles. The summed E-state index contributed by atoms with van der Waals surface area (Å²) in [5, 5.41) is 19.7.